The quantitative estimate of drug-likeness (QED) is 0.390. The molecular formula is C3H2BNO. The number of hydrogen-bond acceptors (Lipinski definition) is 2. The van der Waals surface area contributed by atoms with Crippen LogP contribution in [0, 0.1) is 0 Å². The van der Waals surface area contributed by atoms with Crippen molar-refractivity contribution in [3.63, 3.8) is 0 Å². The van der Waals surface area contributed by atoms with Crippen LogP contribution in [-0.2, 0) is 0 Å². The van der Waals surface area contributed by atoms with Crippen LogP contribution in [0.3, 0.4) is 0 Å². The van der Waals surface area contributed by atoms with Gasteiger partial charge in [0.1, 0.15) is 14.1 Å². The lowest BCUT2D eigenvalue weighted by atomic mass is 10.1. The molecule has 0 spiro atoms. The summed E-state index contributed by atoms with van der Waals surface area (Å²) in [4.78, 5) is 3.53. The Bertz CT molecular complexity index is 114. The molecular weight excluding hydrogens is 76.9 g/mol. The van der Waals surface area contributed by atoms with E-state index in [2.05, 4.69) is 9.40 Å². The van der Waals surface area contributed by atoms with E-state index in [1.54, 1.807) is 0 Å². The van der Waals surface area contributed by atoms with E-state index in [1.807, 2.05) is 0 Å². The minimum absolute atomic E-state index is 0.426. The SMILES string of the molecule is [B]c1cocn1. The summed E-state index contributed by atoms with van der Waals surface area (Å²) in [6.07, 6.45) is 2.66. The molecule has 0 fully saturated rings. The number of hydrogen-bond donors (Lipinski definition) is 0. The van der Waals surface area contributed by atoms with Crippen molar-refractivity contribution in [1.29, 1.82) is 0 Å². The average molecular weight is 78.9 g/mol. The van der Waals surface area contributed by atoms with Crippen LogP contribution in [0.15, 0.2) is 17.1 Å². The van der Waals surface area contributed by atoms with Crippen LogP contribution < -0.4 is 5.59 Å². The fourth-order valence-electron chi connectivity index (χ4n) is 0.222. The molecule has 0 N–H and O–H groups in total. The van der Waals surface area contributed by atoms with E-state index in [-0.39, 0.29) is 0 Å². The van der Waals surface area contributed by atoms with Crippen LogP contribution in [0.4, 0.5) is 0 Å². The average Bonchev–Trinajstić information content (AvgIpc) is 1.86. The largest absolute Gasteiger partial charge is 0.452 e. The highest BCUT2D eigenvalue weighted by Crippen LogP contribution is 1.68. The van der Waals surface area contributed by atoms with Gasteiger partial charge in [-0.25, -0.2) is 4.98 Å². The van der Waals surface area contributed by atoms with E-state index in [0.717, 1.165) is 0 Å². The second-order valence-corrected chi connectivity index (χ2v) is 0.913. The molecule has 0 atom stereocenters. The Hall–Kier alpha value is -0.725. The Morgan fingerprint density at radius 2 is 2.67 bits per heavy atom. The monoisotopic (exact) mass is 79.0 g/mol. The Morgan fingerprint density at radius 1 is 1.83 bits per heavy atom. The standard InChI is InChI=1S/C3H2BNO/c4-3-1-6-2-5-3/h1-2H. The first kappa shape index (κ1) is 3.46. The highest BCUT2D eigenvalue weighted by molar-refractivity contribution is 6.30. The highest BCUT2D eigenvalue weighted by Gasteiger charge is 1.77. The third-order valence-corrected chi connectivity index (χ3v) is 0.451. The second-order valence-electron chi connectivity index (χ2n) is 0.913. The van der Waals surface area contributed by atoms with E-state index >= 15 is 0 Å². The predicted octanol–water partition coefficient (Wildman–Crippen LogP) is -0.532. The van der Waals surface area contributed by atoms with Crippen LogP contribution in [0.25, 0.3) is 0 Å². The van der Waals surface area contributed by atoms with Gasteiger partial charge in [-0.2, -0.15) is 0 Å². The van der Waals surface area contributed by atoms with Gasteiger partial charge in [0.05, 0.1) is 0 Å². The molecule has 1 heterocycles. The zero-order valence-electron chi connectivity index (χ0n) is 3.09. The predicted molar refractivity (Wildman–Crippen MR) is 21.9 cm³/mol. The maximum atomic E-state index is 5.07. The Kier molecular flexibility index (Phi) is 0.672. The smallest absolute Gasteiger partial charge is 0.179 e. The van der Waals surface area contributed by atoms with Crippen LogP contribution in [0.2, 0.25) is 0 Å². The Morgan fingerprint density at radius 3 is 2.83 bits per heavy atom. The van der Waals surface area contributed by atoms with Crippen LogP contribution >= 0.6 is 0 Å². The lowest BCUT2D eigenvalue weighted by Crippen LogP contribution is -1.98. The van der Waals surface area contributed by atoms with Crippen molar-refractivity contribution in [2.75, 3.05) is 0 Å². The molecule has 0 aliphatic heterocycles. The molecule has 0 saturated carbocycles. The molecule has 0 bridgehead atoms. The molecule has 0 unspecified atom stereocenters. The lowest BCUT2D eigenvalue weighted by molar-refractivity contribution is 0.558. The molecule has 28 valence electrons. The molecule has 2 radical (unpaired) electrons. The number of oxazole rings is 1. The molecule has 0 saturated heterocycles. The normalized spacial score (nSPS) is 8.67. The minimum Gasteiger partial charge on any atom is -0.452 e. The summed E-state index contributed by atoms with van der Waals surface area (Å²) in [5, 5.41) is 0. The van der Waals surface area contributed by atoms with Gasteiger partial charge in [-0.3, -0.25) is 0 Å². The summed E-state index contributed by atoms with van der Waals surface area (Å²) in [5.41, 5.74) is 0.426. The van der Waals surface area contributed by atoms with Crippen LogP contribution in [-0.4, -0.2) is 12.8 Å². The van der Waals surface area contributed by atoms with Crippen molar-refractivity contribution in [2.24, 2.45) is 0 Å². The molecule has 1 aromatic heterocycles. The molecule has 0 aliphatic rings. The molecule has 0 aromatic carbocycles. The van der Waals surface area contributed by atoms with Gasteiger partial charge in [0.2, 0.25) is 0 Å². The van der Waals surface area contributed by atoms with Crippen molar-refractivity contribution in [3.8, 4) is 0 Å². The zero-order valence-corrected chi connectivity index (χ0v) is 3.09. The van der Waals surface area contributed by atoms with Gasteiger partial charge < -0.3 is 4.42 Å². The van der Waals surface area contributed by atoms with Gasteiger partial charge in [-0.15, -0.1) is 0 Å². The lowest BCUT2D eigenvalue weighted by Gasteiger charge is -1.62. The van der Waals surface area contributed by atoms with Crippen molar-refractivity contribution >= 4 is 13.4 Å². The summed E-state index contributed by atoms with van der Waals surface area (Å²) in [5.74, 6) is 0. The van der Waals surface area contributed by atoms with Gasteiger partial charge in [-0.1, -0.05) is 0 Å². The molecule has 1 aromatic rings. The third-order valence-electron chi connectivity index (χ3n) is 0.451. The van der Waals surface area contributed by atoms with Crippen molar-refractivity contribution in [1.82, 2.24) is 4.98 Å². The first-order valence-electron chi connectivity index (χ1n) is 1.53. The number of aromatic nitrogens is 1. The van der Waals surface area contributed by atoms with Gasteiger partial charge >= 0.3 is 0 Å². The van der Waals surface area contributed by atoms with Gasteiger partial charge in [0, 0.05) is 5.59 Å². The summed E-state index contributed by atoms with van der Waals surface area (Å²) >= 11 is 0. The topological polar surface area (TPSA) is 26.0 Å². The van der Waals surface area contributed by atoms with Crippen molar-refractivity contribution in [2.45, 2.75) is 0 Å². The minimum atomic E-state index is 0.426. The Labute approximate surface area is 36.6 Å². The van der Waals surface area contributed by atoms with E-state index in [0.29, 0.717) is 5.59 Å². The molecule has 3 heteroatoms. The molecule has 0 amide bonds. The zero-order chi connectivity index (χ0) is 4.41. The Balaban J connectivity index is 3.05. The third kappa shape index (κ3) is 0.430. The first-order valence-corrected chi connectivity index (χ1v) is 1.53. The highest BCUT2D eigenvalue weighted by atomic mass is 16.3. The maximum absolute atomic E-state index is 5.07. The molecule has 6 heavy (non-hydrogen) atoms. The van der Waals surface area contributed by atoms with E-state index in [4.69, 9.17) is 7.85 Å². The summed E-state index contributed by atoms with van der Waals surface area (Å²) < 4.78 is 4.48. The molecule has 0 aliphatic carbocycles. The van der Waals surface area contributed by atoms with E-state index in [9.17, 15) is 0 Å². The summed E-state index contributed by atoms with van der Waals surface area (Å²) in [7, 11) is 5.07. The second kappa shape index (κ2) is 1.16. The number of nitrogens with zero attached hydrogens (tertiary/aromatic N) is 1. The van der Waals surface area contributed by atoms with Gasteiger partial charge in [0.15, 0.2) is 6.39 Å². The van der Waals surface area contributed by atoms with Crippen LogP contribution in [0.5, 0.6) is 0 Å². The maximum Gasteiger partial charge on any atom is 0.179 e. The molecule has 2 nitrogen and oxygen atoms in total. The van der Waals surface area contributed by atoms with Crippen molar-refractivity contribution in [3.05, 3.63) is 12.7 Å². The molecule has 1 rings (SSSR count). The fourth-order valence-corrected chi connectivity index (χ4v) is 0.222. The van der Waals surface area contributed by atoms with Gasteiger partial charge in [0.25, 0.3) is 0 Å². The number of rotatable bonds is 0. The summed E-state index contributed by atoms with van der Waals surface area (Å²) in [6.45, 7) is 0. The van der Waals surface area contributed by atoms with Gasteiger partial charge in [-0.05, 0) is 0 Å². The summed E-state index contributed by atoms with van der Waals surface area (Å²) in [6, 6.07) is 0. The van der Waals surface area contributed by atoms with Crippen LogP contribution in [0.1, 0.15) is 0 Å². The first-order chi connectivity index (χ1) is 2.89. The van der Waals surface area contributed by atoms with E-state index in [1.165, 1.54) is 12.7 Å². The fraction of sp³-hybridized carbons (Fsp3) is 0. The van der Waals surface area contributed by atoms with E-state index < -0.39 is 0 Å². The van der Waals surface area contributed by atoms with Crippen molar-refractivity contribution < 1.29 is 4.42 Å².